The van der Waals surface area contributed by atoms with Gasteiger partial charge in [0.15, 0.2) is 0 Å². The molecule has 2 atom stereocenters. The van der Waals surface area contributed by atoms with Crippen molar-refractivity contribution in [1.29, 1.82) is 0 Å². The highest BCUT2D eigenvalue weighted by Gasteiger charge is 2.29. The lowest BCUT2D eigenvalue weighted by Gasteiger charge is -2.40. The summed E-state index contributed by atoms with van der Waals surface area (Å²) in [6.45, 7) is 10.8. The monoisotopic (exact) mass is 558 g/mol. The van der Waals surface area contributed by atoms with Crippen LogP contribution in [0.4, 0.5) is 5.82 Å². The van der Waals surface area contributed by atoms with Crippen LogP contribution in [0.3, 0.4) is 0 Å². The zero-order valence-corrected chi connectivity index (χ0v) is 25.0. The fraction of sp³-hybridized carbons (Fsp3) is 0.424. The van der Waals surface area contributed by atoms with Crippen molar-refractivity contribution in [1.82, 2.24) is 14.0 Å². The SMILES string of the molecule is CC.c1ccc(-c2cccc(SNCC3CCCC[C@H]3CN3CCN(c4nsc5ccccc45)CC3)c2)cc1. The Kier molecular flexibility index (Phi) is 10.3. The van der Waals surface area contributed by atoms with E-state index in [-0.39, 0.29) is 0 Å². The first kappa shape index (κ1) is 28.2. The van der Waals surface area contributed by atoms with Gasteiger partial charge in [0.25, 0.3) is 0 Å². The zero-order valence-electron chi connectivity index (χ0n) is 23.4. The van der Waals surface area contributed by atoms with Gasteiger partial charge in [0.2, 0.25) is 0 Å². The van der Waals surface area contributed by atoms with Gasteiger partial charge in [0.1, 0.15) is 5.82 Å². The molecule has 1 aromatic heterocycles. The van der Waals surface area contributed by atoms with Gasteiger partial charge in [-0.05, 0) is 83.6 Å². The summed E-state index contributed by atoms with van der Waals surface area (Å²) in [6.07, 6.45) is 5.49. The number of hydrogen-bond donors (Lipinski definition) is 1. The number of fused-ring (bicyclic) bond motifs is 1. The van der Waals surface area contributed by atoms with Gasteiger partial charge in [-0.1, -0.05) is 81.3 Å². The minimum atomic E-state index is 0.763. The molecule has 0 spiro atoms. The number of nitrogens with one attached hydrogen (secondary N) is 1. The van der Waals surface area contributed by atoms with Gasteiger partial charge in [0, 0.05) is 49.6 Å². The maximum Gasteiger partial charge on any atom is 0.150 e. The molecule has 0 amide bonds. The van der Waals surface area contributed by atoms with E-state index in [9.17, 15) is 0 Å². The van der Waals surface area contributed by atoms with E-state index in [1.807, 2.05) is 13.8 Å². The molecule has 3 aromatic carbocycles. The van der Waals surface area contributed by atoms with E-state index >= 15 is 0 Å². The van der Waals surface area contributed by atoms with Crippen LogP contribution < -0.4 is 9.62 Å². The third-order valence-electron chi connectivity index (χ3n) is 8.07. The highest BCUT2D eigenvalue weighted by atomic mass is 32.2. The number of anilines is 1. The fourth-order valence-electron chi connectivity index (χ4n) is 5.97. The second-order valence-electron chi connectivity index (χ2n) is 10.4. The molecule has 1 unspecified atom stereocenters. The molecule has 1 N–H and O–H groups in total. The van der Waals surface area contributed by atoms with E-state index < -0.39 is 0 Å². The van der Waals surface area contributed by atoms with Crippen LogP contribution in [0.5, 0.6) is 0 Å². The minimum Gasteiger partial charge on any atom is -0.353 e. The van der Waals surface area contributed by atoms with Crippen LogP contribution in [0.25, 0.3) is 21.2 Å². The summed E-state index contributed by atoms with van der Waals surface area (Å²) in [6, 6.07) is 28.2. The van der Waals surface area contributed by atoms with Crippen LogP contribution in [-0.2, 0) is 0 Å². The van der Waals surface area contributed by atoms with Crippen LogP contribution in [0.1, 0.15) is 39.5 Å². The molecule has 39 heavy (non-hydrogen) atoms. The quantitative estimate of drug-likeness (QED) is 0.220. The third-order valence-corrected chi connectivity index (χ3v) is 9.68. The molecule has 1 saturated carbocycles. The lowest BCUT2D eigenvalue weighted by Crippen LogP contribution is -2.49. The van der Waals surface area contributed by atoms with Crippen LogP contribution in [0, 0.1) is 11.8 Å². The number of piperazine rings is 1. The van der Waals surface area contributed by atoms with Crippen molar-refractivity contribution < 1.29 is 0 Å². The second-order valence-corrected chi connectivity index (χ2v) is 12.2. The van der Waals surface area contributed by atoms with Crippen LogP contribution >= 0.6 is 23.5 Å². The van der Waals surface area contributed by atoms with E-state index in [1.165, 1.54) is 64.2 Å². The number of hydrogen-bond acceptors (Lipinski definition) is 6. The summed E-state index contributed by atoms with van der Waals surface area (Å²) in [5.74, 6) is 2.75. The Morgan fingerprint density at radius 2 is 1.54 bits per heavy atom. The van der Waals surface area contributed by atoms with Crippen LogP contribution in [-0.4, -0.2) is 48.5 Å². The van der Waals surface area contributed by atoms with Crippen molar-refractivity contribution in [2.75, 3.05) is 44.2 Å². The Balaban J connectivity index is 0.00000151. The summed E-state index contributed by atoms with van der Waals surface area (Å²) in [4.78, 5) is 6.50. The van der Waals surface area contributed by atoms with Gasteiger partial charge in [-0.3, -0.25) is 9.62 Å². The Morgan fingerprint density at radius 3 is 2.36 bits per heavy atom. The fourth-order valence-corrected chi connectivity index (χ4v) is 7.56. The summed E-state index contributed by atoms with van der Waals surface area (Å²) in [5.41, 5.74) is 2.56. The first-order valence-electron chi connectivity index (χ1n) is 14.7. The van der Waals surface area contributed by atoms with Crippen molar-refractivity contribution in [3.63, 3.8) is 0 Å². The Hall–Kier alpha value is -2.38. The van der Waals surface area contributed by atoms with Gasteiger partial charge in [-0.25, -0.2) is 0 Å². The predicted octanol–water partition coefficient (Wildman–Crippen LogP) is 8.21. The maximum absolute atomic E-state index is 4.79. The van der Waals surface area contributed by atoms with E-state index in [0.717, 1.165) is 44.6 Å². The summed E-state index contributed by atoms with van der Waals surface area (Å²) < 4.78 is 9.83. The number of nitrogens with zero attached hydrogens (tertiary/aromatic N) is 3. The van der Waals surface area contributed by atoms with Gasteiger partial charge in [-0.2, -0.15) is 4.37 Å². The number of rotatable bonds is 8. The van der Waals surface area contributed by atoms with Crippen molar-refractivity contribution >= 4 is 39.4 Å². The average molecular weight is 559 g/mol. The van der Waals surface area contributed by atoms with Crippen molar-refractivity contribution in [2.45, 2.75) is 44.4 Å². The first-order chi connectivity index (χ1) is 19.3. The van der Waals surface area contributed by atoms with E-state index in [0.29, 0.717) is 0 Å². The highest BCUT2D eigenvalue weighted by molar-refractivity contribution is 7.97. The lowest BCUT2D eigenvalue weighted by molar-refractivity contribution is 0.147. The Bertz CT molecular complexity index is 1280. The Morgan fingerprint density at radius 1 is 0.821 bits per heavy atom. The molecule has 6 rings (SSSR count). The van der Waals surface area contributed by atoms with Gasteiger partial charge in [0.05, 0.1) is 4.70 Å². The van der Waals surface area contributed by atoms with Crippen molar-refractivity contribution in [3.8, 4) is 11.1 Å². The van der Waals surface area contributed by atoms with E-state index in [1.54, 1.807) is 23.5 Å². The third kappa shape index (κ3) is 7.23. The standard InChI is InChI=1S/C31H36N4S2.C2H6/c1-2-9-24(10-3-1)25-13-8-14-28(21-25)36-32-22-26-11-4-5-12-27(26)23-34-17-19-35(20-18-34)31-29-15-6-7-16-30(29)37-33-31;1-2/h1-3,6-10,13-16,21,26-27,32H,4-5,11-12,17-20,22-23H2;1-2H3/t26?,27-;/m0./s1. The molecule has 0 radical (unpaired) electrons. The molecule has 1 aliphatic carbocycles. The molecular weight excluding hydrogens is 517 g/mol. The average Bonchev–Trinajstić information content (AvgIpc) is 3.44. The van der Waals surface area contributed by atoms with Crippen LogP contribution in [0.15, 0.2) is 83.8 Å². The summed E-state index contributed by atoms with van der Waals surface area (Å²) in [5, 5.41) is 1.31. The topological polar surface area (TPSA) is 31.4 Å². The predicted molar refractivity (Wildman–Crippen MR) is 171 cm³/mol. The number of aromatic nitrogens is 1. The van der Waals surface area contributed by atoms with Crippen LogP contribution in [0.2, 0.25) is 0 Å². The first-order valence-corrected chi connectivity index (χ1v) is 16.3. The smallest absolute Gasteiger partial charge is 0.150 e. The molecule has 4 nitrogen and oxygen atoms in total. The van der Waals surface area contributed by atoms with Gasteiger partial charge in [-0.15, -0.1) is 0 Å². The summed E-state index contributed by atoms with van der Waals surface area (Å²) in [7, 11) is 0. The Labute approximate surface area is 243 Å². The second kappa shape index (κ2) is 14.3. The maximum atomic E-state index is 4.79. The summed E-state index contributed by atoms with van der Waals surface area (Å²) >= 11 is 3.42. The van der Waals surface area contributed by atoms with Gasteiger partial charge < -0.3 is 4.90 Å². The molecule has 0 bridgehead atoms. The van der Waals surface area contributed by atoms with Crippen molar-refractivity contribution in [3.05, 3.63) is 78.9 Å². The lowest BCUT2D eigenvalue weighted by atomic mass is 9.79. The minimum absolute atomic E-state index is 0.763. The molecular formula is C33H42N4S2. The molecule has 1 aliphatic heterocycles. The highest BCUT2D eigenvalue weighted by Crippen LogP contribution is 2.33. The molecule has 2 heterocycles. The molecule has 4 aromatic rings. The molecule has 6 heteroatoms. The van der Waals surface area contributed by atoms with Gasteiger partial charge >= 0.3 is 0 Å². The molecule has 2 fully saturated rings. The van der Waals surface area contributed by atoms with E-state index in [2.05, 4.69) is 93.4 Å². The number of benzene rings is 3. The zero-order chi connectivity index (χ0) is 26.9. The molecule has 206 valence electrons. The molecule has 1 saturated heterocycles. The van der Waals surface area contributed by atoms with E-state index in [4.69, 9.17) is 4.37 Å². The molecule has 2 aliphatic rings. The largest absolute Gasteiger partial charge is 0.353 e. The van der Waals surface area contributed by atoms with Crippen molar-refractivity contribution in [2.24, 2.45) is 11.8 Å². The normalized spacial score (nSPS) is 20.0.